The molecular weight excluding hydrogens is 460 g/mol. The summed E-state index contributed by atoms with van der Waals surface area (Å²) in [6.07, 6.45) is 1.25. The van der Waals surface area contributed by atoms with E-state index in [4.69, 9.17) is 16.1 Å². The zero-order valence-electron chi connectivity index (χ0n) is 16.7. The number of hydrogen-bond donors (Lipinski definition) is 1. The number of aromatic nitrogens is 2. The van der Waals surface area contributed by atoms with Crippen molar-refractivity contribution in [2.24, 2.45) is 5.92 Å². The molecular formula is C20H21ClN4O4S2. The smallest absolute Gasteiger partial charge is 0.252 e. The SMILES string of the molecule is Cc1nc(-c2csc(S(=O)(=O)N3CCC[C@@H](C(=O)NCc4ccccc4Cl)C3)c2)no1. The van der Waals surface area contributed by atoms with E-state index >= 15 is 0 Å². The molecule has 3 aromatic rings. The van der Waals surface area contributed by atoms with Crippen LogP contribution < -0.4 is 5.32 Å². The topological polar surface area (TPSA) is 105 Å². The van der Waals surface area contributed by atoms with Gasteiger partial charge in [0.05, 0.1) is 5.92 Å². The quantitative estimate of drug-likeness (QED) is 0.579. The third kappa shape index (κ3) is 4.82. The van der Waals surface area contributed by atoms with Gasteiger partial charge in [-0.3, -0.25) is 4.79 Å². The van der Waals surface area contributed by atoms with Gasteiger partial charge in [-0.1, -0.05) is 35.0 Å². The Morgan fingerprint density at radius 2 is 2.19 bits per heavy atom. The minimum atomic E-state index is -3.72. The number of piperidine rings is 1. The third-order valence-corrected chi connectivity index (χ3v) is 8.77. The molecule has 0 unspecified atom stereocenters. The largest absolute Gasteiger partial charge is 0.352 e. The molecule has 1 saturated heterocycles. The van der Waals surface area contributed by atoms with Crippen molar-refractivity contribution in [3.8, 4) is 11.4 Å². The maximum atomic E-state index is 13.2. The van der Waals surface area contributed by atoms with Crippen LogP contribution in [0.3, 0.4) is 0 Å². The van der Waals surface area contributed by atoms with Crippen LogP contribution in [-0.4, -0.2) is 41.9 Å². The zero-order valence-corrected chi connectivity index (χ0v) is 19.1. The average Bonchev–Trinajstić information content (AvgIpc) is 3.42. The number of nitrogens with zero attached hydrogens (tertiary/aromatic N) is 3. The maximum Gasteiger partial charge on any atom is 0.252 e. The van der Waals surface area contributed by atoms with Gasteiger partial charge >= 0.3 is 0 Å². The van der Waals surface area contributed by atoms with Gasteiger partial charge in [0.15, 0.2) is 0 Å². The van der Waals surface area contributed by atoms with Gasteiger partial charge in [-0.15, -0.1) is 11.3 Å². The molecule has 0 radical (unpaired) electrons. The first-order valence-corrected chi connectivity index (χ1v) is 12.4. The van der Waals surface area contributed by atoms with Crippen molar-refractivity contribution in [3.05, 3.63) is 52.2 Å². The monoisotopic (exact) mass is 480 g/mol. The highest BCUT2D eigenvalue weighted by molar-refractivity contribution is 7.91. The first kappa shape index (κ1) is 21.9. The van der Waals surface area contributed by atoms with Crippen LogP contribution in [0, 0.1) is 12.8 Å². The molecule has 1 aromatic carbocycles. The van der Waals surface area contributed by atoms with Crippen LogP contribution in [0.5, 0.6) is 0 Å². The van der Waals surface area contributed by atoms with E-state index in [2.05, 4.69) is 15.5 Å². The Bertz CT molecular complexity index is 1190. The van der Waals surface area contributed by atoms with Crippen LogP contribution >= 0.6 is 22.9 Å². The number of aryl methyl sites for hydroxylation is 1. The number of hydrogen-bond acceptors (Lipinski definition) is 7. The Morgan fingerprint density at radius 1 is 1.39 bits per heavy atom. The third-order valence-electron chi connectivity index (χ3n) is 5.12. The molecule has 0 aliphatic carbocycles. The number of benzene rings is 1. The van der Waals surface area contributed by atoms with Crippen molar-refractivity contribution in [1.29, 1.82) is 0 Å². The van der Waals surface area contributed by atoms with Gasteiger partial charge in [0.25, 0.3) is 10.0 Å². The summed E-state index contributed by atoms with van der Waals surface area (Å²) >= 11 is 7.25. The molecule has 1 N–H and O–H groups in total. The summed E-state index contributed by atoms with van der Waals surface area (Å²) in [5, 5.41) is 8.98. The number of amides is 1. The number of nitrogens with one attached hydrogen (secondary N) is 1. The Labute approximate surface area is 189 Å². The Hall–Kier alpha value is -2.27. The van der Waals surface area contributed by atoms with E-state index in [1.54, 1.807) is 24.4 Å². The molecule has 1 atom stereocenters. The number of rotatable bonds is 6. The Balaban J connectivity index is 1.43. The number of carbonyl (C=O) groups is 1. The Morgan fingerprint density at radius 3 is 2.94 bits per heavy atom. The molecule has 2 aromatic heterocycles. The number of thiophene rings is 1. The van der Waals surface area contributed by atoms with E-state index in [0.717, 1.165) is 16.9 Å². The highest BCUT2D eigenvalue weighted by Crippen LogP contribution is 2.31. The molecule has 1 fully saturated rings. The normalized spacial score (nSPS) is 17.5. The van der Waals surface area contributed by atoms with E-state index in [1.165, 1.54) is 4.31 Å². The molecule has 1 aliphatic heterocycles. The fourth-order valence-electron chi connectivity index (χ4n) is 3.46. The molecule has 0 spiro atoms. The Kier molecular flexibility index (Phi) is 6.42. The summed E-state index contributed by atoms with van der Waals surface area (Å²) in [5.41, 5.74) is 1.41. The van der Waals surface area contributed by atoms with Gasteiger partial charge in [-0.25, -0.2) is 8.42 Å². The van der Waals surface area contributed by atoms with Crippen LogP contribution in [0.25, 0.3) is 11.4 Å². The molecule has 8 nitrogen and oxygen atoms in total. The fourth-order valence-corrected chi connectivity index (χ4v) is 6.49. The van der Waals surface area contributed by atoms with Crippen LogP contribution in [-0.2, 0) is 21.4 Å². The lowest BCUT2D eigenvalue weighted by Crippen LogP contribution is -2.45. The first-order chi connectivity index (χ1) is 14.8. The van der Waals surface area contributed by atoms with Gasteiger partial charge in [-0.2, -0.15) is 9.29 Å². The highest BCUT2D eigenvalue weighted by atomic mass is 35.5. The average molecular weight is 481 g/mol. The van der Waals surface area contributed by atoms with Crippen molar-refractivity contribution in [1.82, 2.24) is 19.8 Å². The lowest BCUT2D eigenvalue weighted by molar-refractivity contribution is -0.126. The number of halogens is 1. The predicted octanol–water partition coefficient (Wildman–Crippen LogP) is 3.48. The summed E-state index contributed by atoms with van der Waals surface area (Å²) in [6, 6.07) is 8.84. The second-order valence-corrected chi connectivity index (χ2v) is 10.8. The van der Waals surface area contributed by atoms with E-state index in [9.17, 15) is 13.2 Å². The summed E-state index contributed by atoms with van der Waals surface area (Å²) in [6.45, 7) is 2.50. The second-order valence-electron chi connectivity index (χ2n) is 7.30. The molecule has 3 heterocycles. The van der Waals surface area contributed by atoms with Crippen molar-refractivity contribution in [3.63, 3.8) is 0 Å². The van der Waals surface area contributed by atoms with E-state index in [-0.39, 0.29) is 16.7 Å². The molecule has 4 rings (SSSR count). The zero-order chi connectivity index (χ0) is 22.0. The van der Waals surface area contributed by atoms with Gasteiger partial charge in [-0.05, 0) is 30.5 Å². The van der Waals surface area contributed by atoms with Crippen molar-refractivity contribution >= 4 is 38.9 Å². The first-order valence-electron chi connectivity index (χ1n) is 9.75. The molecule has 11 heteroatoms. The summed E-state index contributed by atoms with van der Waals surface area (Å²) in [5.74, 6) is 0.178. The molecule has 31 heavy (non-hydrogen) atoms. The number of carbonyl (C=O) groups excluding carboxylic acids is 1. The van der Waals surface area contributed by atoms with E-state index < -0.39 is 15.9 Å². The van der Waals surface area contributed by atoms with E-state index in [1.807, 2.05) is 18.2 Å². The predicted molar refractivity (Wildman–Crippen MR) is 117 cm³/mol. The van der Waals surface area contributed by atoms with Gasteiger partial charge in [0, 0.05) is 42.5 Å². The number of sulfonamides is 1. The summed E-state index contributed by atoms with van der Waals surface area (Å²) in [4.78, 5) is 16.8. The van der Waals surface area contributed by atoms with Crippen LogP contribution in [0.4, 0.5) is 0 Å². The van der Waals surface area contributed by atoms with Crippen LogP contribution in [0.15, 0.2) is 44.4 Å². The summed E-state index contributed by atoms with van der Waals surface area (Å²) in [7, 11) is -3.72. The van der Waals surface area contributed by atoms with Crippen molar-refractivity contribution < 1.29 is 17.7 Å². The van der Waals surface area contributed by atoms with Crippen LogP contribution in [0.1, 0.15) is 24.3 Å². The van der Waals surface area contributed by atoms with Crippen molar-refractivity contribution in [2.45, 2.75) is 30.5 Å². The fraction of sp³-hybridized carbons (Fsp3) is 0.350. The highest BCUT2D eigenvalue weighted by Gasteiger charge is 2.34. The van der Waals surface area contributed by atoms with Gasteiger partial charge in [0.2, 0.25) is 17.6 Å². The minimum absolute atomic E-state index is 0.144. The lowest BCUT2D eigenvalue weighted by atomic mass is 9.99. The van der Waals surface area contributed by atoms with Gasteiger partial charge in [0.1, 0.15) is 4.21 Å². The maximum absolute atomic E-state index is 13.2. The molecule has 0 saturated carbocycles. The molecule has 0 bridgehead atoms. The van der Waals surface area contributed by atoms with Crippen molar-refractivity contribution in [2.75, 3.05) is 13.1 Å². The molecule has 1 amide bonds. The summed E-state index contributed by atoms with van der Waals surface area (Å²) < 4.78 is 32.8. The minimum Gasteiger partial charge on any atom is -0.352 e. The second kappa shape index (κ2) is 9.07. The standard InChI is InChI=1S/C20H21ClN4O4S2/c1-13-23-19(24-29-13)16-9-18(30-12-16)31(27,28)25-8-4-6-15(11-25)20(26)22-10-14-5-2-3-7-17(14)21/h2-3,5,7,9,12,15H,4,6,8,10-11H2,1H3,(H,22,26)/t15-/m1/s1. The molecule has 164 valence electrons. The van der Waals surface area contributed by atoms with Crippen LogP contribution in [0.2, 0.25) is 5.02 Å². The lowest BCUT2D eigenvalue weighted by Gasteiger charge is -2.30. The molecule has 1 aliphatic rings. The van der Waals surface area contributed by atoms with Gasteiger partial charge < -0.3 is 9.84 Å². The van der Waals surface area contributed by atoms with E-state index in [0.29, 0.717) is 48.2 Å².